The van der Waals surface area contributed by atoms with Gasteiger partial charge in [-0.25, -0.2) is 0 Å². The Hall–Kier alpha value is -0.0800. The molecule has 1 aliphatic carbocycles. The molecule has 0 amide bonds. The van der Waals surface area contributed by atoms with Gasteiger partial charge in [-0.15, -0.1) is 0 Å². The first kappa shape index (κ1) is 15.3. The van der Waals surface area contributed by atoms with Gasteiger partial charge in [0.05, 0.1) is 0 Å². The molecule has 1 unspecified atom stereocenters. The Morgan fingerprint density at radius 3 is 2.32 bits per heavy atom. The van der Waals surface area contributed by atoms with Gasteiger partial charge < -0.3 is 10.2 Å². The summed E-state index contributed by atoms with van der Waals surface area (Å²) in [5.41, 5.74) is 0.552. The molecule has 1 heterocycles. The van der Waals surface area contributed by atoms with Gasteiger partial charge in [0, 0.05) is 18.6 Å². The Labute approximate surface area is 120 Å². The van der Waals surface area contributed by atoms with E-state index in [2.05, 4.69) is 38.0 Å². The maximum absolute atomic E-state index is 3.63. The van der Waals surface area contributed by atoms with Crippen LogP contribution in [0.5, 0.6) is 0 Å². The smallest absolute Gasteiger partial charge is 0.0195 e. The van der Waals surface area contributed by atoms with Gasteiger partial charge in [-0.05, 0) is 63.5 Å². The van der Waals surface area contributed by atoms with Crippen LogP contribution in [0, 0.1) is 11.3 Å². The Morgan fingerprint density at radius 1 is 1.11 bits per heavy atom. The summed E-state index contributed by atoms with van der Waals surface area (Å²) in [5.74, 6) is 0.951. The van der Waals surface area contributed by atoms with Crippen LogP contribution >= 0.6 is 0 Å². The molecule has 1 aliphatic heterocycles. The van der Waals surface area contributed by atoms with Crippen molar-refractivity contribution in [1.29, 1.82) is 0 Å². The van der Waals surface area contributed by atoms with E-state index in [1.54, 1.807) is 0 Å². The van der Waals surface area contributed by atoms with E-state index in [0.717, 1.165) is 18.0 Å². The van der Waals surface area contributed by atoms with E-state index in [1.165, 1.54) is 58.0 Å². The minimum absolute atomic E-state index is 0.552. The summed E-state index contributed by atoms with van der Waals surface area (Å²) in [6.07, 6.45) is 9.78. The number of hydrogen-bond donors (Lipinski definition) is 1. The minimum atomic E-state index is 0.552. The van der Waals surface area contributed by atoms with Crippen LogP contribution in [0.1, 0.15) is 65.7 Å². The second-order valence-corrected chi connectivity index (χ2v) is 7.58. The summed E-state index contributed by atoms with van der Waals surface area (Å²) in [4.78, 5) is 2.64. The fraction of sp³-hybridized carbons (Fsp3) is 1.00. The lowest BCUT2D eigenvalue weighted by molar-refractivity contribution is 0.0943. The van der Waals surface area contributed by atoms with Crippen molar-refractivity contribution in [2.24, 2.45) is 11.3 Å². The zero-order chi connectivity index (χ0) is 13.9. The molecule has 2 aliphatic rings. The lowest BCUT2D eigenvalue weighted by atomic mass is 9.68. The van der Waals surface area contributed by atoms with Crippen LogP contribution in [-0.4, -0.2) is 37.1 Å². The summed E-state index contributed by atoms with van der Waals surface area (Å²) >= 11 is 0. The number of rotatable bonds is 5. The Balaban J connectivity index is 1.76. The van der Waals surface area contributed by atoms with Gasteiger partial charge in [0.15, 0.2) is 0 Å². The van der Waals surface area contributed by atoms with E-state index in [0.29, 0.717) is 5.41 Å². The normalized spacial score (nSPS) is 33.0. The second-order valence-electron chi connectivity index (χ2n) is 7.58. The van der Waals surface area contributed by atoms with Gasteiger partial charge in [-0.1, -0.05) is 27.2 Å². The van der Waals surface area contributed by atoms with Gasteiger partial charge in [-0.2, -0.15) is 0 Å². The van der Waals surface area contributed by atoms with Crippen molar-refractivity contribution in [1.82, 2.24) is 10.2 Å². The maximum Gasteiger partial charge on any atom is 0.0195 e. The molecule has 19 heavy (non-hydrogen) atoms. The van der Waals surface area contributed by atoms with Crippen molar-refractivity contribution >= 4 is 0 Å². The van der Waals surface area contributed by atoms with Crippen molar-refractivity contribution < 1.29 is 0 Å². The zero-order valence-corrected chi connectivity index (χ0v) is 13.5. The summed E-state index contributed by atoms with van der Waals surface area (Å²) in [6.45, 7) is 9.76. The molecule has 2 heteroatoms. The standard InChI is InChI=1S/C17H34N2/c1-5-17(2,3)14-8-10-16(11-9-14)19(4)13-15-7-6-12-18-15/h14-16,18H,5-13H2,1-4H3. The van der Waals surface area contributed by atoms with Gasteiger partial charge in [0.1, 0.15) is 0 Å². The van der Waals surface area contributed by atoms with Crippen LogP contribution < -0.4 is 5.32 Å². The zero-order valence-electron chi connectivity index (χ0n) is 13.5. The Kier molecular flexibility index (Phi) is 5.30. The molecule has 2 fully saturated rings. The largest absolute Gasteiger partial charge is 0.313 e. The highest BCUT2D eigenvalue weighted by Crippen LogP contribution is 2.41. The molecule has 0 bridgehead atoms. The van der Waals surface area contributed by atoms with E-state index in [1.807, 2.05) is 0 Å². The second kappa shape index (κ2) is 6.58. The molecule has 112 valence electrons. The third kappa shape index (κ3) is 3.95. The third-order valence-electron chi connectivity index (χ3n) is 6.01. The van der Waals surface area contributed by atoms with E-state index < -0.39 is 0 Å². The molecule has 0 spiro atoms. The van der Waals surface area contributed by atoms with Crippen LogP contribution in [0.15, 0.2) is 0 Å². The van der Waals surface area contributed by atoms with Gasteiger partial charge >= 0.3 is 0 Å². The van der Waals surface area contributed by atoms with Crippen molar-refractivity contribution in [3.63, 3.8) is 0 Å². The van der Waals surface area contributed by atoms with Crippen LogP contribution in [0.3, 0.4) is 0 Å². The third-order valence-corrected chi connectivity index (χ3v) is 6.01. The number of likely N-dealkylation sites (N-methyl/N-ethyl adjacent to an activating group) is 1. The van der Waals surface area contributed by atoms with Crippen molar-refractivity contribution in [3.8, 4) is 0 Å². The number of nitrogens with one attached hydrogen (secondary N) is 1. The predicted molar refractivity (Wildman–Crippen MR) is 83.5 cm³/mol. The minimum Gasteiger partial charge on any atom is -0.313 e. The molecule has 1 N–H and O–H groups in total. The summed E-state index contributed by atoms with van der Waals surface area (Å²) in [7, 11) is 2.34. The van der Waals surface area contributed by atoms with Crippen molar-refractivity contribution in [2.75, 3.05) is 20.1 Å². The molecule has 2 rings (SSSR count). The van der Waals surface area contributed by atoms with E-state index in [-0.39, 0.29) is 0 Å². The molecule has 0 aromatic carbocycles. The van der Waals surface area contributed by atoms with Crippen molar-refractivity contribution in [3.05, 3.63) is 0 Å². The molecule has 2 nitrogen and oxygen atoms in total. The van der Waals surface area contributed by atoms with Crippen LogP contribution in [0.25, 0.3) is 0 Å². The highest BCUT2D eigenvalue weighted by Gasteiger charge is 2.33. The highest BCUT2D eigenvalue weighted by molar-refractivity contribution is 4.87. The first-order chi connectivity index (χ1) is 9.03. The lowest BCUT2D eigenvalue weighted by Crippen LogP contribution is -2.43. The monoisotopic (exact) mass is 266 g/mol. The van der Waals surface area contributed by atoms with Crippen LogP contribution in [0.4, 0.5) is 0 Å². The average molecular weight is 266 g/mol. The van der Waals surface area contributed by atoms with Gasteiger partial charge in [-0.3, -0.25) is 0 Å². The summed E-state index contributed by atoms with van der Waals surface area (Å²) in [5, 5.41) is 3.63. The topological polar surface area (TPSA) is 15.3 Å². The fourth-order valence-corrected chi connectivity index (χ4v) is 4.00. The van der Waals surface area contributed by atoms with Crippen LogP contribution in [-0.2, 0) is 0 Å². The number of nitrogens with zero attached hydrogens (tertiary/aromatic N) is 1. The fourth-order valence-electron chi connectivity index (χ4n) is 4.00. The Bertz CT molecular complexity index is 260. The van der Waals surface area contributed by atoms with Gasteiger partial charge in [0.25, 0.3) is 0 Å². The molecule has 1 saturated heterocycles. The predicted octanol–water partition coefficient (Wildman–Crippen LogP) is 3.67. The van der Waals surface area contributed by atoms with Crippen LogP contribution in [0.2, 0.25) is 0 Å². The molecule has 0 aromatic rings. The first-order valence-corrected chi connectivity index (χ1v) is 8.46. The maximum atomic E-state index is 3.63. The number of hydrogen-bond acceptors (Lipinski definition) is 2. The molecule has 1 atom stereocenters. The van der Waals surface area contributed by atoms with Crippen molar-refractivity contribution in [2.45, 2.75) is 77.8 Å². The highest BCUT2D eigenvalue weighted by atomic mass is 15.2. The molecular weight excluding hydrogens is 232 g/mol. The molecular formula is C17H34N2. The quantitative estimate of drug-likeness (QED) is 0.817. The Morgan fingerprint density at radius 2 is 1.79 bits per heavy atom. The molecule has 0 radical (unpaired) electrons. The van der Waals surface area contributed by atoms with Gasteiger partial charge in [0.2, 0.25) is 0 Å². The van der Waals surface area contributed by atoms with E-state index in [9.17, 15) is 0 Å². The lowest BCUT2D eigenvalue weighted by Gasteiger charge is -2.41. The average Bonchev–Trinajstić information content (AvgIpc) is 2.91. The summed E-state index contributed by atoms with van der Waals surface area (Å²) < 4.78 is 0. The summed E-state index contributed by atoms with van der Waals surface area (Å²) in [6, 6.07) is 1.60. The molecule has 0 aromatic heterocycles. The molecule has 1 saturated carbocycles. The first-order valence-electron chi connectivity index (χ1n) is 8.46. The van der Waals surface area contributed by atoms with E-state index >= 15 is 0 Å². The van der Waals surface area contributed by atoms with E-state index in [4.69, 9.17) is 0 Å². The SMILES string of the molecule is CCC(C)(C)C1CCC(N(C)CC2CCCN2)CC1.